The van der Waals surface area contributed by atoms with E-state index in [-0.39, 0.29) is 6.61 Å². The van der Waals surface area contributed by atoms with E-state index < -0.39 is 10.1 Å². The maximum atomic E-state index is 10.9. The molecule has 0 fully saturated rings. The summed E-state index contributed by atoms with van der Waals surface area (Å²) in [6, 6.07) is 7.64. The lowest BCUT2D eigenvalue weighted by Gasteiger charge is -2.05. The number of hydrogen-bond donors (Lipinski definition) is 0. The predicted molar refractivity (Wildman–Crippen MR) is 61.4 cm³/mol. The maximum absolute atomic E-state index is 10.9. The van der Waals surface area contributed by atoms with E-state index in [1.165, 1.54) is 0 Å². The molecule has 0 saturated heterocycles. The zero-order valence-electron chi connectivity index (χ0n) is 8.75. The van der Waals surface area contributed by atoms with Gasteiger partial charge in [0.15, 0.2) is 0 Å². The van der Waals surface area contributed by atoms with Gasteiger partial charge in [0.25, 0.3) is 10.1 Å². The molecular weight excluding hydrogens is 226 g/mol. The van der Waals surface area contributed by atoms with Crippen molar-refractivity contribution in [2.45, 2.75) is 6.61 Å². The van der Waals surface area contributed by atoms with Gasteiger partial charge in [0.05, 0.1) is 12.9 Å². The van der Waals surface area contributed by atoms with Crippen molar-refractivity contribution >= 4 is 20.9 Å². The summed E-state index contributed by atoms with van der Waals surface area (Å²) in [5.41, 5.74) is 0.767. The minimum absolute atomic E-state index is 0.0210. The Morgan fingerprint density at radius 1 is 1.25 bits per heavy atom. The van der Waals surface area contributed by atoms with Crippen LogP contribution in [0.25, 0.3) is 10.8 Å². The van der Waals surface area contributed by atoms with Crippen LogP contribution in [0.1, 0.15) is 5.56 Å². The normalized spacial score (nSPS) is 11.8. The van der Waals surface area contributed by atoms with Crippen molar-refractivity contribution in [3.8, 4) is 0 Å². The van der Waals surface area contributed by atoms with Gasteiger partial charge in [-0.2, -0.15) is 8.42 Å². The average molecular weight is 237 g/mol. The fourth-order valence-electron chi connectivity index (χ4n) is 1.46. The van der Waals surface area contributed by atoms with Gasteiger partial charge in [0, 0.05) is 23.3 Å². The lowest BCUT2D eigenvalue weighted by molar-refractivity contribution is 0.312. The second-order valence-electron chi connectivity index (χ2n) is 3.49. The molecule has 4 nitrogen and oxygen atoms in total. The monoisotopic (exact) mass is 237 g/mol. The van der Waals surface area contributed by atoms with Gasteiger partial charge in [0.1, 0.15) is 0 Å². The van der Waals surface area contributed by atoms with Crippen molar-refractivity contribution < 1.29 is 12.6 Å². The smallest absolute Gasteiger partial charge is 0.264 e. The topological polar surface area (TPSA) is 56.3 Å². The standard InChI is InChI=1S/C11H11NO3S/c1-16(13,14)15-8-10-7-12-6-9-4-2-3-5-11(9)10/h2-7H,8H2,1H3. The molecule has 0 aliphatic carbocycles. The zero-order chi connectivity index (χ0) is 11.6. The van der Waals surface area contributed by atoms with E-state index >= 15 is 0 Å². The summed E-state index contributed by atoms with van der Waals surface area (Å²) in [5, 5.41) is 1.93. The molecule has 0 atom stereocenters. The third kappa shape index (κ3) is 2.56. The molecule has 2 aromatic rings. The Kier molecular flexibility index (Phi) is 2.89. The highest BCUT2D eigenvalue weighted by Crippen LogP contribution is 2.17. The summed E-state index contributed by atoms with van der Waals surface area (Å²) in [4.78, 5) is 4.04. The number of nitrogens with zero attached hydrogens (tertiary/aromatic N) is 1. The molecule has 0 aliphatic rings. The number of pyridine rings is 1. The Labute approximate surface area is 94.0 Å². The van der Waals surface area contributed by atoms with Crippen LogP contribution in [-0.2, 0) is 20.9 Å². The molecule has 0 amide bonds. The first-order valence-electron chi connectivity index (χ1n) is 4.72. The van der Waals surface area contributed by atoms with Crippen molar-refractivity contribution in [1.29, 1.82) is 0 Å². The number of aromatic nitrogens is 1. The lowest BCUT2D eigenvalue weighted by Crippen LogP contribution is -2.03. The maximum Gasteiger partial charge on any atom is 0.264 e. The van der Waals surface area contributed by atoms with E-state index in [0.29, 0.717) is 0 Å². The first-order valence-corrected chi connectivity index (χ1v) is 6.54. The summed E-state index contributed by atoms with van der Waals surface area (Å²) in [7, 11) is -3.42. The van der Waals surface area contributed by atoms with Crippen LogP contribution in [0.15, 0.2) is 36.7 Å². The Morgan fingerprint density at radius 2 is 2.00 bits per heavy atom. The fraction of sp³-hybridized carbons (Fsp3) is 0.182. The highest BCUT2D eigenvalue weighted by Gasteiger charge is 2.05. The second-order valence-corrected chi connectivity index (χ2v) is 5.13. The average Bonchev–Trinajstić information content (AvgIpc) is 2.25. The Bertz CT molecular complexity index is 602. The van der Waals surface area contributed by atoms with Crippen molar-refractivity contribution in [2.75, 3.05) is 6.26 Å². The van der Waals surface area contributed by atoms with Gasteiger partial charge in [-0.3, -0.25) is 9.17 Å². The molecule has 84 valence electrons. The molecule has 1 aromatic heterocycles. The number of rotatable bonds is 3. The van der Waals surface area contributed by atoms with Crippen molar-refractivity contribution in [1.82, 2.24) is 4.98 Å². The summed E-state index contributed by atoms with van der Waals surface area (Å²) >= 11 is 0. The third-order valence-electron chi connectivity index (χ3n) is 2.18. The van der Waals surface area contributed by atoms with E-state index in [1.54, 1.807) is 12.4 Å². The number of fused-ring (bicyclic) bond motifs is 1. The van der Waals surface area contributed by atoms with Gasteiger partial charge in [0.2, 0.25) is 0 Å². The molecule has 2 rings (SSSR count). The minimum Gasteiger partial charge on any atom is -0.265 e. The Hall–Kier alpha value is -1.46. The first kappa shape index (κ1) is 11.0. The highest BCUT2D eigenvalue weighted by atomic mass is 32.2. The molecule has 0 N–H and O–H groups in total. The van der Waals surface area contributed by atoms with E-state index in [4.69, 9.17) is 4.18 Å². The number of benzene rings is 1. The van der Waals surface area contributed by atoms with Crippen LogP contribution in [0.3, 0.4) is 0 Å². The van der Waals surface area contributed by atoms with Crippen LogP contribution in [0.4, 0.5) is 0 Å². The summed E-state index contributed by atoms with van der Waals surface area (Å²) in [6.07, 6.45) is 4.39. The first-order chi connectivity index (χ1) is 7.56. The molecule has 0 spiro atoms. The van der Waals surface area contributed by atoms with Gasteiger partial charge in [-0.1, -0.05) is 24.3 Å². The van der Waals surface area contributed by atoms with Crippen molar-refractivity contribution in [2.24, 2.45) is 0 Å². The zero-order valence-corrected chi connectivity index (χ0v) is 9.57. The van der Waals surface area contributed by atoms with E-state index in [9.17, 15) is 8.42 Å². The molecule has 16 heavy (non-hydrogen) atoms. The van der Waals surface area contributed by atoms with Crippen molar-refractivity contribution in [3.05, 3.63) is 42.2 Å². The lowest BCUT2D eigenvalue weighted by atomic mass is 10.1. The SMILES string of the molecule is CS(=O)(=O)OCc1cncc2ccccc12. The van der Waals surface area contributed by atoms with Gasteiger partial charge < -0.3 is 0 Å². The van der Waals surface area contributed by atoms with Crippen LogP contribution in [0.5, 0.6) is 0 Å². The van der Waals surface area contributed by atoms with Crippen LogP contribution in [0.2, 0.25) is 0 Å². The summed E-state index contributed by atoms with van der Waals surface area (Å²) in [6.45, 7) is 0.0210. The van der Waals surface area contributed by atoms with Gasteiger partial charge >= 0.3 is 0 Å². The van der Waals surface area contributed by atoms with E-state index in [2.05, 4.69) is 4.98 Å². The molecule has 1 heterocycles. The molecule has 0 radical (unpaired) electrons. The van der Waals surface area contributed by atoms with Gasteiger partial charge in [-0.05, 0) is 5.39 Å². The quantitative estimate of drug-likeness (QED) is 0.762. The molecule has 5 heteroatoms. The molecule has 0 saturated carbocycles. The summed E-state index contributed by atoms with van der Waals surface area (Å²) < 4.78 is 26.6. The predicted octanol–water partition coefficient (Wildman–Crippen LogP) is 1.71. The van der Waals surface area contributed by atoms with Crippen LogP contribution in [-0.4, -0.2) is 19.7 Å². The molecule has 0 aliphatic heterocycles. The largest absolute Gasteiger partial charge is 0.265 e. The van der Waals surface area contributed by atoms with Crippen molar-refractivity contribution in [3.63, 3.8) is 0 Å². The summed E-state index contributed by atoms with van der Waals surface area (Å²) in [5.74, 6) is 0. The van der Waals surface area contributed by atoms with E-state index in [0.717, 1.165) is 22.6 Å². The van der Waals surface area contributed by atoms with Crippen LogP contribution >= 0.6 is 0 Å². The fourth-order valence-corrected chi connectivity index (χ4v) is 1.81. The molecular formula is C11H11NO3S. The number of hydrogen-bond acceptors (Lipinski definition) is 4. The molecule has 0 unspecified atom stereocenters. The molecule has 0 bridgehead atoms. The van der Waals surface area contributed by atoms with Crippen LogP contribution in [0, 0.1) is 0 Å². The Morgan fingerprint density at radius 3 is 2.75 bits per heavy atom. The third-order valence-corrected chi connectivity index (χ3v) is 2.73. The second kappa shape index (κ2) is 4.19. The van der Waals surface area contributed by atoms with Crippen LogP contribution < -0.4 is 0 Å². The molecule has 1 aromatic carbocycles. The minimum atomic E-state index is -3.42. The van der Waals surface area contributed by atoms with Gasteiger partial charge in [-0.15, -0.1) is 0 Å². The van der Waals surface area contributed by atoms with Gasteiger partial charge in [-0.25, -0.2) is 0 Å². The Balaban J connectivity index is 2.38. The highest BCUT2D eigenvalue weighted by molar-refractivity contribution is 7.85. The van der Waals surface area contributed by atoms with E-state index in [1.807, 2.05) is 24.3 Å².